The molecule has 8 heteroatoms. The number of fused-ring (bicyclic) bond motifs is 1. The summed E-state index contributed by atoms with van der Waals surface area (Å²) >= 11 is 1.42. The van der Waals surface area contributed by atoms with Crippen LogP contribution in [0.3, 0.4) is 0 Å². The molecule has 1 N–H and O–H groups in total. The molecule has 26 heavy (non-hydrogen) atoms. The van der Waals surface area contributed by atoms with Gasteiger partial charge in [-0.25, -0.2) is 4.98 Å². The van der Waals surface area contributed by atoms with Crippen LogP contribution in [0.2, 0.25) is 0 Å². The van der Waals surface area contributed by atoms with E-state index in [4.69, 9.17) is 14.6 Å². The number of nitrogens with zero attached hydrogens (tertiary/aromatic N) is 2. The normalized spacial score (nSPS) is 16.7. The zero-order chi connectivity index (χ0) is 18.1. The van der Waals surface area contributed by atoms with Gasteiger partial charge in [-0.3, -0.25) is 9.59 Å². The molecular formula is C18H18N2O5S. The van der Waals surface area contributed by atoms with Gasteiger partial charge in [-0.1, -0.05) is 0 Å². The first kappa shape index (κ1) is 16.8. The third-order valence-electron chi connectivity index (χ3n) is 4.71. The molecule has 0 spiro atoms. The third kappa shape index (κ3) is 3.37. The molecular weight excluding hydrogens is 356 g/mol. The number of ether oxygens (including phenoxy) is 2. The minimum Gasteiger partial charge on any atom is -0.481 e. The van der Waals surface area contributed by atoms with Crippen LogP contribution in [-0.4, -0.2) is 46.7 Å². The second kappa shape index (κ2) is 6.95. The SMILES string of the molecule is O=C(O)CC1CCN(C(=O)c2csc(-c3ccc4c(c3)OCO4)n2)CC1. The van der Waals surface area contributed by atoms with Gasteiger partial charge in [0.15, 0.2) is 11.5 Å². The zero-order valence-corrected chi connectivity index (χ0v) is 14.8. The Morgan fingerprint density at radius 3 is 2.77 bits per heavy atom. The van der Waals surface area contributed by atoms with E-state index in [2.05, 4.69) is 4.98 Å². The quantitative estimate of drug-likeness (QED) is 0.885. The van der Waals surface area contributed by atoms with Crippen LogP contribution in [0, 0.1) is 5.92 Å². The van der Waals surface area contributed by atoms with E-state index in [1.54, 1.807) is 10.3 Å². The van der Waals surface area contributed by atoms with Gasteiger partial charge in [-0.15, -0.1) is 11.3 Å². The van der Waals surface area contributed by atoms with Gasteiger partial charge < -0.3 is 19.5 Å². The predicted octanol–water partition coefficient (Wildman–Crippen LogP) is 2.87. The highest BCUT2D eigenvalue weighted by Gasteiger charge is 2.26. The van der Waals surface area contributed by atoms with Crippen molar-refractivity contribution in [3.63, 3.8) is 0 Å². The van der Waals surface area contributed by atoms with Gasteiger partial charge in [0, 0.05) is 30.5 Å². The number of carboxylic acids is 1. The van der Waals surface area contributed by atoms with E-state index in [0.29, 0.717) is 30.3 Å². The van der Waals surface area contributed by atoms with Crippen molar-refractivity contribution in [1.29, 1.82) is 0 Å². The Kier molecular flexibility index (Phi) is 4.50. The van der Waals surface area contributed by atoms with Crippen LogP contribution in [0.5, 0.6) is 11.5 Å². The highest BCUT2D eigenvalue weighted by molar-refractivity contribution is 7.13. The number of hydrogen-bond acceptors (Lipinski definition) is 6. The Hall–Kier alpha value is -2.61. The van der Waals surface area contributed by atoms with Crippen LogP contribution in [0.15, 0.2) is 23.6 Å². The Labute approximate surface area is 154 Å². The number of thiazole rings is 1. The van der Waals surface area contributed by atoms with Crippen molar-refractivity contribution in [2.45, 2.75) is 19.3 Å². The summed E-state index contributed by atoms with van der Waals surface area (Å²) in [4.78, 5) is 29.7. The fourth-order valence-corrected chi connectivity index (χ4v) is 4.07. The fraction of sp³-hybridized carbons (Fsp3) is 0.389. The summed E-state index contributed by atoms with van der Waals surface area (Å²) in [6, 6.07) is 5.61. The summed E-state index contributed by atoms with van der Waals surface area (Å²) in [5.41, 5.74) is 1.32. The number of carbonyl (C=O) groups is 2. The molecule has 7 nitrogen and oxygen atoms in total. The third-order valence-corrected chi connectivity index (χ3v) is 5.60. The van der Waals surface area contributed by atoms with Gasteiger partial charge >= 0.3 is 5.97 Å². The topological polar surface area (TPSA) is 89.0 Å². The molecule has 1 saturated heterocycles. The number of carbonyl (C=O) groups excluding carboxylic acids is 1. The van der Waals surface area contributed by atoms with Crippen LogP contribution in [0.1, 0.15) is 29.8 Å². The number of aromatic nitrogens is 1. The van der Waals surface area contributed by atoms with E-state index < -0.39 is 5.97 Å². The standard InChI is InChI=1S/C18H18N2O5S/c21-16(22)7-11-3-5-20(6-4-11)18(23)13-9-26-17(19-13)12-1-2-14-15(8-12)25-10-24-14/h1-2,8-9,11H,3-7,10H2,(H,21,22). The average Bonchev–Trinajstić information content (AvgIpc) is 3.30. The molecule has 136 valence electrons. The van der Waals surface area contributed by atoms with Crippen molar-refractivity contribution in [2.75, 3.05) is 19.9 Å². The van der Waals surface area contributed by atoms with Crippen molar-refractivity contribution < 1.29 is 24.2 Å². The molecule has 0 radical (unpaired) electrons. The fourth-order valence-electron chi connectivity index (χ4n) is 3.28. The van der Waals surface area contributed by atoms with E-state index in [-0.39, 0.29) is 25.0 Å². The number of piperidine rings is 1. The zero-order valence-electron chi connectivity index (χ0n) is 14.0. The van der Waals surface area contributed by atoms with E-state index in [1.165, 1.54) is 11.3 Å². The van der Waals surface area contributed by atoms with Gasteiger partial charge in [0.2, 0.25) is 6.79 Å². The van der Waals surface area contributed by atoms with Crippen molar-refractivity contribution in [1.82, 2.24) is 9.88 Å². The molecule has 2 aliphatic rings. The highest BCUT2D eigenvalue weighted by Crippen LogP contribution is 2.36. The number of hydrogen-bond donors (Lipinski definition) is 1. The average molecular weight is 374 g/mol. The van der Waals surface area contributed by atoms with Crippen molar-refractivity contribution >= 4 is 23.2 Å². The smallest absolute Gasteiger partial charge is 0.303 e. The number of aliphatic carboxylic acids is 1. The van der Waals surface area contributed by atoms with Crippen LogP contribution < -0.4 is 9.47 Å². The van der Waals surface area contributed by atoms with Gasteiger partial charge in [0.05, 0.1) is 0 Å². The number of carboxylic acid groups (broad SMARTS) is 1. The number of benzene rings is 1. The summed E-state index contributed by atoms with van der Waals surface area (Å²) in [5, 5.41) is 11.4. The summed E-state index contributed by atoms with van der Waals surface area (Å²) < 4.78 is 10.7. The minimum atomic E-state index is -0.775. The lowest BCUT2D eigenvalue weighted by atomic mass is 9.93. The monoisotopic (exact) mass is 374 g/mol. The maximum absolute atomic E-state index is 12.7. The largest absolute Gasteiger partial charge is 0.481 e. The van der Waals surface area contributed by atoms with E-state index in [9.17, 15) is 9.59 Å². The first-order chi connectivity index (χ1) is 12.6. The maximum atomic E-state index is 12.7. The number of amides is 1. The van der Waals surface area contributed by atoms with Crippen molar-refractivity contribution in [2.24, 2.45) is 5.92 Å². The molecule has 1 amide bonds. The van der Waals surface area contributed by atoms with Gasteiger partial charge in [-0.05, 0) is 37.0 Å². The summed E-state index contributed by atoms with van der Waals surface area (Å²) in [7, 11) is 0. The molecule has 0 atom stereocenters. The van der Waals surface area contributed by atoms with E-state index in [0.717, 1.165) is 23.4 Å². The first-order valence-electron chi connectivity index (χ1n) is 8.47. The van der Waals surface area contributed by atoms with E-state index in [1.807, 2.05) is 18.2 Å². The molecule has 0 aliphatic carbocycles. The van der Waals surface area contributed by atoms with Crippen LogP contribution in [0.4, 0.5) is 0 Å². The Balaban J connectivity index is 1.43. The highest BCUT2D eigenvalue weighted by atomic mass is 32.1. The lowest BCUT2D eigenvalue weighted by Crippen LogP contribution is -2.39. The number of likely N-dealkylation sites (tertiary alicyclic amines) is 1. The molecule has 1 aromatic carbocycles. The first-order valence-corrected chi connectivity index (χ1v) is 9.35. The lowest BCUT2D eigenvalue weighted by molar-refractivity contribution is -0.138. The predicted molar refractivity (Wildman–Crippen MR) is 94.6 cm³/mol. The van der Waals surface area contributed by atoms with Gasteiger partial charge in [-0.2, -0.15) is 0 Å². The molecule has 0 saturated carbocycles. The molecule has 0 unspecified atom stereocenters. The summed E-state index contributed by atoms with van der Waals surface area (Å²) in [5.74, 6) is 0.678. The van der Waals surface area contributed by atoms with Gasteiger partial charge in [0.25, 0.3) is 5.91 Å². The summed E-state index contributed by atoms with van der Waals surface area (Å²) in [6.07, 6.45) is 1.61. The molecule has 0 bridgehead atoms. The van der Waals surface area contributed by atoms with Crippen LogP contribution >= 0.6 is 11.3 Å². The molecule has 4 rings (SSSR count). The molecule has 1 aromatic heterocycles. The Morgan fingerprint density at radius 2 is 2.00 bits per heavy atom. The molecule has 3 heterocycles. The van der Waals surface area contributed by atoms with Crippen LogP contribution in [0.25, 0.3) is 10.6 Å². The second-order valence-corrected chi connectivity index (χ2v) is 7.30. The maximum Gasteiger partial charge on any atom is 0.303 e. The van der Waals surface area contributed by atoms with Gasteiger partial charge in [0.1, 0.15) is 10.7 Å². The van der Waals surface area contributed by atoms with Crippen molar-refractivity contribution in [3.8, 4) is 22.1 Å². The lowest BCUT2D eigenvalue weighted by Gasteiger charge is -2.30. The minimum absolute atomic E-state index is 0.0954. The number of rotatable bonds is 4. The second-order valence-electron chi connectivity index (χ2n) is 6.44. The van der Waals surface area contributed by atoms with Crippen LogP contribution in [-0.2, 0) is 4.79 Å². The molecule has 1 fully saturated rings. The summed E-state index contributed by atoms with van der Waals surface area (Å²) in [6.45, 7) is 1.37. The Bertz CT molecular complexity index is 842. The van der Waals surface area contributed by atoms with Crippen molar-refractivity contribution in [3.05, 3.63) is 29.3 Å². The molecule has 2 aromatic rings. The van der Waals surface area contributed by atoms with E-state index >= 15 is 0 Å². The molecule has 2 aliphatic heterocycles. The Morgan fingerprint density at radius 1 is 1.23 bits per heavy atom.